The highest BCUT2D eigenvalue weighted by Crippen LogP contribution is 2.30. The maximum absolute atomic E-state index is 13.4. The first-order valence-electron chi connectivity index (χ1n) is 9.65. The molecule has 1 aliphatic heterocycles. The number of carbonyl (C=O) groups excluding carboxylic acids is 1. The van der Waals surface area contributed by atoms with Crippen LogP contribution in [-0.2, 0) is 16.6 Å². The average Bonchev–Trinajstić information content (AvgIpc) is 3.19. The molecule has 0 amide bonds. The van der Waals surface area contributed by atoms with Gasteiger partial charge in [0.15, 0.2) is 4.80 Å². The lowest BCUT2D eigenvalue weighted by Gasteiger charge is -2.24. The molecule has 0 radical (unpaired) electrons. The number of aryl methyl sites for hydroxylation is 2. The Hall–Kier alpha value is -3.26. The van der Waals surface area contributed by atoms with Gasteiger partial charge >= 0.3 is 5.97 Å². The van der Waals surface area contributed by atoms with E-state index in [1.54, 1.807) is 23.1 Å². The minimum Gasteiger partial charge on any atom is -0.463 e. The monoisotopic (exact) mass is 422 g/mol. The first kappa shape index (κ1) is 20.0. The molecule has 154 valence electrons. The van der Waals surface area contributed by atoms with Crippen LogP contribution in [0.5, 0.6) is 0 Å². The Morgan fingerprint density at radius 3 is 2.63 bits per heavy atom. The molecule has 0 N–H and O–H groups in total. The Bertz CT molecular complexity index is 1330. The summed E-state index contributed by atoms with van der Waals surface area (Å²) < 4.78 is 9.15. The van der Waals surface area contributed by atoms with Crippen LogP contribution in [0.4, 0.5) is 0 Å². The number of nitrogens with zero attached hydrogens (tertiary/aromatic N) is 4. The molecule has 1 atom stereocenters. The van der Waals surface area contributed by atoms with Crippen LogP contribution in [0.3, 0.4) is 0 Å². The Labute approximate surface area is 177 Å². The molecule has 0 spiro atoms. The van der Waals surface area contributed by atoms with Crippen LogP contribution < -0.4 is 14.9 Å². The molecule has 1 aromatic carbocycles. The van der Waals surface area contributed by atoms with Gasteiger partial charge in [0.2, 0.25) is 0 Å². The first-order chi connectivity index (χ1) is 14.4. The summed E-state index contributed by atoms with van der Waals surface area (Å²) in [5.74, 6) is -0.454. The van der Waals surface area contributed by atoms with Gasteiger partial charge < -0.3 is 4.74 Å². The van der Waals surface area contributed by atoms with Crippen molar-refractivity contribution in [3.05, 3.63) is 84.3 Å². The van der Waals surface area contributed by atoms with Gasteiger partial charge in [0.25, 0.3) is 5.56 Å². The zero-order valence-corrected chi connectivity index (χ0v) is 18.1. The van der Waals surface area contributed by atoms with Crippen LogP contribution in [0.2, 0.25) is 0 Å². The van der Waals surface area contributed by atoms with E-state index in [9.17, 15) is 9.59 Å². The highest BCUT2D eigenvalue weighted by Gasteiger charge is 2.33. The SMILES string of the molecule is CCOC(=O)C1=C(C)N=c2s/c(=C/c3cn(C)nc3C)c(=O)n2[C@@H]1c1ccccc1. The lowest BCUT2D eigenvalue weighted by atomic mass is 9.96. The van der Waals surface area contributed by atoms with Gasteiger partial charge in [0.1, 0.15) is 0 Å². The van der Waals surface area contributed by atoms with Crippen molar-refractivity contribution in [1.29, 1.82) is 0 Å². The molecule has 8 heteroatoms. The van der Waals surface area contributed by atoms with E-state index in [-0.39, 0.29) is 12.2 Å². The van der Waals surface area contributed by atoms with E-state index in [2.05, 4.69) is 10.1 Å². The largest absolute Gasteiger partial charge is 0.463 e. The number of esters is 1. The van der Waals surface area contributed by atoms with Crippen LogP contribution in [0.1, 0.15) is 36.7 Å². The highest BCUT2D eigenvalue weighted by atomic mass is 32.1. The highest BCUT2D eigenvalue weighted by molar-refractivity contribution is 7.07. The normalized spacial score (nSPS) is 16.4. The van der Waals surface area contributed by atoms with Gasteiger partial charge in [0.05, 0.1) is 34.1 Å². The lowest BCUT2D eigenvalue weighted by Crippen LogP contribution is -2.39. The third kappa shape index (κ3) is 3.43. The average molecular weight is 423 g/mol. The quantitative estimate of drug-likeness (QED) is 0.601. The first-order valence-corrected chi connectivity index (χ1v) is 10.5. The maximum atomic E-state index is 13.4. The Morgan fingerprint density at radius 1 is 1.27 bits per heavy atom. The second-order valence-electron chi connectivity index (χ2n) is 7.06. The van der Waals surface area contributed by atoms with Crippen molar-refractivity contribution in [3.63, 3.8) is 0 Å². The molecular formula is C22H22N4O3S. The smallest absolute Gasteiger partial charge is 0.338 e. The fourth-order valence-corrected chi connectivity index (χ4v) is 4.68. The number of allylic oxidation sites excluding steroid dienone is 1. The predicted molar refractivity (Wildman–Crippen MR) is 115 cm³/mol. The van der Waals surface area contributed by atoms with E-state index < -0.39 is 12.0 Å². The van der Waals surface area contributed by atoms with Gasteiger partial charge in [-0.05, 0) is 32.4 Å². The van der Waals surface area contributed by atoms with Crippen molar-refractivity contribution in [2.75, 3.05) is 6.61 Å². The number of carbonyl (C=O) groups is 1. The molecule has 4 rings (SSSR count). The summed E-state index contributed by atoms with van der Waals surface area (Å²) in [5.41, 5.74) is 3.31. The predicted octanol–water partition coefficient (Wildman–Crippen LogP) is 1.84. The second kappa shape index (κ2) is 7.87. The van der Waals surface area contributed by atoms with Crippen LogP contribution in [-0.4, -0.2) is 26.9 Å². The molecule has 0 aliphatic carbocycles. The molecular weight excluding hydrogens is 400 g/mol. The van der Waals surface area contributed by atoms with E-state index in [0.717, 1.165) is 16.8 Å². The van der Waals surface area contributed by atoms with Crippen molar-refractivity contribution < 1.29 is 9.53 Å². The van der Waals surface area contributed by atoms with Crippen molar-refractivity contribution in [2.24, 2.45) is 12.0 Å². The van der Waals surface area contributed by atoms with Crippen LogP contribution in [0, 0.1) is 6.92 Å². The number of fused-ring (bicyclic) bond motifs is 1. The molecule has 0 saturated heterocycles. The number of benzene rings is 1. The number of rotatable bonds is 4. The van der Waals surface area contributed by atoms with Gasteiger partial charge in [-0.3, -0.25) is 14.0 Å². The summed E-state index contributed by atoms with van der Waals surface area (Å²) in [6.07, 6.45) is 3.70. The molecule has 0 bridgehead atoms. The Balaban J connectivity index is 1.97. The van der Waals surface area contributed by atoms with Crippen molar-refractivity contribution in [3.8, 4) is 0 Å². The van der Waals surface area contributed by atoms with Gasteiger partial charge in [-0.1, -0.05) is 41.7 Å². The molecule has 30 heavy (non-hydrogen) atoms. The van der Waals surface area contributed by atoms with E-state index in [4.69, 9.17) is 4.74 Å². The van der Waals surface area contributed by atoms with Gasteiger partial charge in [-0.2, -0.15) is 5.10 Å². The summed E-state index contributed by atoms with van der Waals surface area (Å²) >= 11 is 1.31. The fourth-order valence-electron chi connectivity index (χ4n) is 3.64. The van der Waals surface area contributed by atoms with Crippen molar-refractivity contribution >= 4 is 23.4 Å². The second-order valence-corrected chi connectivity index (χ2v) is 8.07. The van der Waals surface area contributed by atoms with Gasteiger partial charge in [-0.15, -0.1) is 0 Å². The van der Waals surface area contributed by atoms with Gasteiger partial charge in [-0.25, -0.2) is 9.79 Å². The summed E-state index contributed by atoms with van der Waals surface area (Å²) in [5, 5.41) is 4.34. The zero-order chi connectivity index (χ0) is 21.4. The minimum atomic E-state index is -0.585. The fraction of sp³-hybridized carbons (Fsp3) is 0.273. The number of hydrogen-bond donors (Lipinski definition) is 0. The number of ether oxygens (including phenoxy) is 1. The topological polar surface area (TPSA) is 78.5 Å². The Kier molecular flexibility index (Phi) is 5.26. The maximum Gasteiger partial charge on any atom is 0.338 e. The van der Waals surface area contributed by atoms with Crippen LogP contribution >= 0.6 is 11.3 Å². The number of thiazole rings is 1. The molecule has 2 aromatic heterocycles. The molecule has 3 heterocycles. The summed E-state index contributed by atoms with van der Waals surface area (Å²) in [4.78, 5) is 31.4. The van der Waals surface area contributed by atoms with Crippen LogP contribution in [0.15, 0.2) is 57.6 Å². The molecule has 0 saturated carbocycles. The van der Waals surface area contributed by atoms with Crippen molar-refractivity contribution in [1.82, 2.24) is 14.3 Å². The van der Waals surface area contributed by atoms with E-state index in [0.29, 0.717) is 20.6 Å². The number of aromatic nitrogens is 3. The summed E-state index contributed by atoms with van der Waals surface area (Å²) in [7, 11) is 1.84. The third-order valence-corrected chi connectivity index (χ3v) is 5.95. The zero-order valence-electron chi connectivity index (χ0n) is 17.2. The molecule has 1 aliphatic rings. The summed E-state index contributed by atoms with van der Waals surface area (Å²) in [6, 6.07) is 8.92. The van der Waals surface area contributed by atoms with Crippen molar-refractivity contribution in [2.45, 2.75) is 26.8 Å². The lowest BCUT2D eigenvalue weighted by molar-refractivity contribution is -0.139. The van der Waals surface area contributed by atoms with E-state index in [1.807, 2.05) is 56.6 Å². The molecule has 7 nitrogen and oxygen atoms in total. The number of hydrogen-bond acceptors (Lipinski definition) is 6. The molecule has 0 unspecified atom stereocenters. The minimum absolute atomic E-state index is 0.190. The summed E-state index contributed by atoms with van der Waals surface area (Å²) in [6.45, 7) is 5.70. The van der Waals surface area contributed by atoms with E-state index >= 15 is 0 Å². The van der Waals surface area contributed by atoms with Gasteiger partial charge in [0, 0.05) is 18.8 Å². The molecule has 3 aromatic rings. The third-order valence-electron chi connectivity index (χ3n) is 4.97. The Morgan fingerprint density at radius 2 is 2.00 bits per heavy atom. The van der Waals surface area contributed by atoms with Crippen LogP contribution in [0.25, 0.3) is 6.08 Å². The van der Waals surface area contributed by atoms with E-state index in [1.165, 1.54) is 11.3 Å². The molecule has 0 fully saturated rings. The standard InChI is InChI=1S/C22H22N4O3S/c1-5-29-21(28)18-14(3)23-22-26(19(18)15-9-7-6-8-10-15)20(27)17(30-22)11-16-12-25(4)24-13(16)2/h6-12,19H,5H2,1-4H3/b17-11+/t19-/m1/s1.